The summed E-state index contributed by atoms with van der Waals surface area (Å²) in [4.78, 5) is 14.1. The Labute approximate surface area is 129 Å². The van der Waals surface area contributed by atoms with Gasteiger partial charge in [0.1, 0.15) is 23.8 Å². The van der Waals surface area contributed by atoms with Gasteiger partial charge in [0.05, 0.1) is 17.1 Å². The molecule has 116 valence electrons. The van der Waals surface area contributed by atoms with Crippen molar-refractivity contribution in [3.05, 3.63) is 24.5 Å². The molecule has 3 N–H and O–H groups in total. The predicted molar refractivity (Wildman–Crippen MR) is 89.1 cm³/mol. The number of nitrogens with one attached hydrogen (secondary N) is 1. The minimum Gasteiger partial charge on any atom is -0.491 e. The Morgan fingerprint density at radius 3 is 2.86 bits per heavy atom. The highest BCUT2D eigenvalue weighted by molar-refractivity contribution is 6.09. The van der Waals surface area contributed by atoms with Crippen molar-refractivity contribution in [3.63, 3.8) is 0 Å². The van der Waals surface area contributed by atoms with Gasteiger partial charge in [-0.3, -0.25) is 0 Å². The summed E-state index contributed by atoms with van der Waals surface area (Å²) in [5.74, 6) is 1.32. The monoisotopic (exact) mass is 299 g/mol. The summed E-state index contributed by atoms with van der Waals surface area (Å²) in [5.41, 5.74) is 7.51. The molecule has 0 bridgehead atoms. The first-order chi connectivity index (χ1) is 10.7. The predicted octanol–water partition coefficient (Wildman–Crippen LogP) is 2.41. The number of likely N-dealkylation sites (N-methyl/N-ethyl adjacent to an activating group) is 1. The topological polar surface area (TPSA) is 80.1 Å². The molecule has 0 aromatic carbocycles. The van der Waals surface area contributed by atoms with Gasteiger partial charge in [0, 0.05) is 18.1 Å². The molecule has 3 aromatic heterocycles. The van der Waals surface area contributed by atoms with Gasteiger partial charge in [-0.15, -0.1) is 0 Å². The Balaban J connectivity index is 1.92. The third-order valence-electron chi connectivity index (χ3n) is 3.92. The molecule has 0 aliphatic carbocycles. The van der Waals surface area contributed by atoms with Crippen molar-refractivity contribution in [3.8, 4) is 5.75 Å². The van der Waals surface area contributed by atoms with E-state index in [1.807, 2.05) is 12.1 Å². The second kappa shape index (κ2) is 6.19. The largest absolute Gasteiger partial charge is 0.491 e. The molecule has 0 fully saturated rings. The van der Waals surface area contributed by atoms with Gasteiger partial charge in [-0.1, -0.05) is 13.8 Å². The molecule has 3 rings (SSSR count). The molecule has 0 amide bonds. The smallest absolute Gasteiger partial charge is 0.142 e. The van der Waals surface area contributed by atoms with Crippen molar-refractivity contribution in [2.24, 2.45) is 0 Å². The summed E-state index contributed by atoms with van der Waals surface area (Å²) >= 11 is 0. The van der Waals surface area contributed by atoms with Crippen LogP contribution in [0.2, 0.25) is 0 Å². The molecule has 6 heteroatoms. The number of fused-ring (bicyclic) bond motifs is 3. The number of nitrogens with zero attached hydrogens (tertiary/aromatic N) is 3. The highest BCUT2D eigenvalue weighted by Gasteiger charge is 2.12. The molecule has 0 aliphatic heterocycles. The van der Waals surface area contributed by atoms with Crippen molar-refractivity contribution in [1.29, 1.82) is 0 Å². The van der Waals surface area contributed by atoms with E-state index in [1.54, 1.807) is 12.4 Å². The van der Waals surface area contributed by atoms with E-state index in [-0.39, 0.29) is 0 Å². The number of nitrogen functional groups attached to an aromatic ring is 1. The van der Waals surface area contributed by atoms with E-state index >= 15 is 0 Å². The lowest BCUT2D eigenvalue weighted by molar-refractivity contribution is 0.224. The molecular weight excluding hydrogens is 278 g/mol. The number of aromatic amines is 1. The maximum absolute atomic E-state index is 6.00. The first-order valence-electron chi connectivity index (χ1n) is 7.60. The van der Waals surface area contributed by atoms with Crippen LogP contribution in [0.5, 0.6) is 5.75 Å². The molecule has 22 heavy (non-hydrogen) atoms. The summed E-state index contributed by atoms with van der Waals surface area (Å²) in [6.45, 7) is 7.92. The van der Waals surface area contributed by atoms with Gasteiger partial charge in [-0.05, 0) is 25.2 Å². The van der Waals surface area contributed by atoms with E-state index in [2.05, 4.69) is 33.7 Å². The summed E-state index contributed by atoms with van der Waals surface area (Å²) in [7, 11) is 0. The third-order valence-corrected chi connectivity index (χ3v) is 3.92. The summed E-state index contributed by atoms with van der Waals surface area (Å²) in [6.07, 6.45) is 3.48. The molecule has 0 saturated heterocycles. The van der Waals surface area contributed by atoms with Gasteiger partial charge in [0.25, 0.3) is 0 Å². The number of rotatable bonds is 6. The number of pyridine rings is 2. The highest BCUT2D eigenvalue weighted by Crippen LogP contribution is 2.32. The minimum atomic E-state index is 0.492. The van der Waals surface area contributed by atoms with Crippen LogP contribution < -0.4 is 10.5 Å². The van der Waals surface area contributed by atoms with Crippen LogP contribution in [0.25, 0.3) is 21.9 Å². The van der Waals surface area contributed by atoms with E-state index in [9.17, 15) is 0 Å². The van der Waals surface area contributed by atoms with E-state index in [1.165, 1.54) is 0 Å². The SMILES string of the molecule is CCN(CC)CCOc1ccnc2[nH]c3cnc(N)cc3c12. The van der Waals surface area contributed by atoms with Crippen LogP contribution in [0, 0.1) is 0 Å². The van der Waals surface area contributed by atoms with E-state index in [0.29, 0.717) is 12.4 Å². The van der Waals surface area contributed by atoms with Crippen molar-refractivity contribution in [2.75, 3.05) is 32.0 Å². The van der Waals surface area contributed by atoms with E-state index in [4.69, 9.17) is 10.5 Å². The third kappa shape index (κ3) is 2.69. The van der Waals surface area contributed by atoms with Crippen LogP contribution in [-0.2, 0) is 0 Å². The van der Waals surface area contributed by atoms with E-state index < -0.39 is 0 Å². The number of ether oxygens (including phenoxy) is 1. The zero-order valence-electron chi connectivity index (χ0n) is 13.0. The van der Waals surface area contributed by atoms with Crippen molar-refractivity contribution >= 4 is 27.8 Å². The number of hydrogen-bond acceptors (Lipinski definition) is 5. The lowest BCUT2D eigenvalue weighted by Crippen LogP contribution is -2.27. The second-order valence-corrected chi connectivity index (χ2v) is 5.19. The Hall–Kier alpha value is -2.34. The fraction of sp³-hybridized carbons (Fsp3) is 0.375. The van der Waals surface area contributed by atoms with Gasteiger partial charge in [-0.25, -0.2) is 9.97 Å². The number of anilines is 1. The van der Waals surface area contributed by atoms with Crippen LogP contribution >= 0.6 is 0 Å². The standard InChI is InChI=1S/C16H21N5O/c1-3-21(4-2)7-8-22-13-5-6-18-16-15(13)11-9-14(17)19-10-12(11)20-16/h5-6,9-10H,3-4,7-8H2,1-2H3,(H2,17,19)(H,18,20). The van der Waals surface area contributed by atoms with Crippen LogP contribution in [0.1, 0.15) is 13.8 Å². The molecule has 0 saturated carbocycles. The Morgan fingerprint density at radius 2 is 2.09 bits per heavy atom. The van der Waals surface area contributed by atoms with Crippen molar-refractivity contribution < 1.29 is 4.74 Å². The quantitative estimate of drug-likeness (QED) is 0.730. The number of nitrogens with two attached hydrogens (primary N) is 1. The first kappa shape index (κ1) is 14.6. The number of H-pyrrole nitrogens is 1. The van der Waals surface area contributed by atoms with Gasteiger partial charge < -0.3 is 20.4 Å². The van der Waals surface area contributed by atoms with Crippen LogP contribution in [0.15, 0.2) is 24.5 Å². The normalized spacial score (nSPS) is 11.6. The Morgan fingerprint density at radius 1 is 1.27 bits per heavy atom. The van der Waals surface area contributed by atoms with Gasteiger partial charge in [-0.2, -0.15) is 0 Å². The maximum atomic E-state index is 6.00. The van der Waals surface area contributed by atoms with Gasteiger partial charge in [0.15, 0.2) is 0 Å². The fourth-order valence-electron chi connectivity index (χ4n) is 2.65. The lowest BCUT2D eigenvalue weighted by Gasteiger charge is -2.18. The van der Waals surface area contributed by atoms with Gasteiger partial charge in [0.2, 0.25) is 0 Å². The maximum Gasteiger partial charge on any atom is 0.142 e. The molecule has 3 heterocycles. The molecule has 3 aromatic rings. The number of aromatic nitrogens is 3. The van der Waals surface area contributed by atoms with Crippen LogP contribution in [0.3, 0.4) is 0 Å². The molecule has 0 unspecified atom stereocenters. The zero-order valence-corrected chi connectivity index (χ0v) is 13.0. The Bertz CT molecular complexity index is 779. The van der Waals surface area contributed by atoms with Crippen LogP contribution in [-0.4, -0.2) is 46.1 Å². The van der Waals surface area contributed by atoms with Gasteiger partial charge >= 0.3 is 0 Å². The summed E-state index contributed by atoms with van der Waals surface area (Å²) < 4.78 is 6.00. The Kier molecular flexibility index (Phi) is 4.11. The fourth-order valence-corrected chi connectivity index (χ4v) is 2.65. The van der Waals surface area contributed by atoms with Crippen molar-refractivity contribution in [1.82, 2.24) is 19.9 Å². The second-order valence-electron chi connectivity index (χ2n) is 5.19. The summed E-state index contributed by atoms with van der Waals surface area (Å²) in [6, 6.07) is 3.75. The molecule has 0 aliphatic rings. The molecule has 0 atom stereocenters. The lowest BCUT2D eigenvalue weighted by atomic mass is 10.2. The molecule has 0 radical (unpaired) electrons. The average Bonchev–Trinajstić information content (AvgIpc) is 2.90. The average molecular weight is 299 g/mol. The summed E-state index contributed by atoms with van der Waals surface area (Å²) in [5, 5.41) is 1.96. The number of hydrogen-bond donors (Lipinski definition) is 2. The zero-order chi connectivity index (χ0) is 15.5. The molecule has 0 spiro atoms. The van der Waals surface area contributed by atoms with Crippen molar-refractivity contribution in [2.45, 2.75) is 13.8 Å². The molecular formula is C16H21N5O. The van der Waals surface area contributed by atoms with Crippen LogP contribution in [0.4, 0.5) is 5.82 Å². The van der Waals surface area contributed by atoms with E-state index in [0.717, 1.165) is 47.3 Å². The highest BCUT2D eigenvalue weighted by atomic mass is 16.5. The minimum absolute atomic E-state index is 0.492. The molecule has 6 nitrogen and oxygen atoms in total. The first-order valence-corrected chi connectivity index (χ1v) is 7.60.